The van der Waals surface area contributed by atoms with E-state index in [-0.39, 0.29) is 19.4 Å². The Labute approximate surface area is 82.6 Å². The number of sulfonamides is 1. The lowest BCUT2D eigenvalue weighted by Crippen LogP contribution is -2.32. The molecule has 0 aromatic heterocycles. The van der Waals surface area contributed by atoms with Crippen LogP contribution in [-0.2, 0) is 14.8 Å². The second-order valence-corrected chi connectivity index (χ2v) is 4.79. The van der Waals surface area contributed by atoms with Gasteiger partial charge in [0.2, 0.25) is 10.0 Å². The number of hydrogen-bond acceptors (Lipinski definition) is 4. The number of nitrogens with one attached hydrogen (secondary N) is 1. The van der Waals surface area contributed by atoms with Crippen LogP contribution in [0.3, 0.4) is 0 Å². The number of rotatable bonds is 6. The van der Waals surface area contributed by atoms with Gasteiger partial charge in [-0.1, -0.05) is 0 Å². The van der Waals surface area contributed by atoms with Gasteiger partial charge >= 0.3 is 5.97 Å². The van der Waals surface area contributed by atoms with Crippen LogP contribution in [0.4, 0.5) is 0 Å². The molecule has 6 nitrogen and oxygen atoms in total. The molecule has 1 unspecified atom stereocenters. The van der Waals surface area contributed by atoms with E-state index >= 15 is 0 Å². The van der Waals surface area contributed by atoms with Crippen LogP contribution in [0.25, 0.3) is 0 Å². The third-order valence-electron chi connectivity index (χ3n) is 1.52. The number of nitriles is 1. The highest BCUT2D eigenvalue weighted by molar-refractivity contribution is 7.90. The van der Waals surface area contributed by atoms with E-state index in [9.17, 15) is 13.2 Å². The summed E-state index contributed by atoms with van der Waals surface area (Å²) >= 11 is 0. The van der Waals surface area contributed by atoms with Gasteiger partial charge < -0.3 is 5.11 Å². The van der Waals surface area contributed by atoms with Crippen molar-refractivity contribution in [1.82, 2.24) is 4.72 Å². The quantitative estimate of drug-likeness (QED) is 0.596. The van der Waals surface area contributed by atoms with Crippen LogP contribution in [-0.4, -0.2) is 31.3 Å². The molecule has 7 heteroatoms. The first-order chi connectivity index (χ1) is 6.40. The zero-order valence-electron chi connectivity index (χ0n) is 7.73. The van der Waals surface area contributed by atoms with Crippen LogP contribution in [0.15, 0.2) is 0 Å². The van der Waals surface area contributed by atoms with E-state index in [0.717, 1.165) is 0 Å². The Balaban J connectivity index is 3.91. The lowest BCUT2D eigenvalue weighted by atomic mass is 10.3. The minimum absolute atomic E-state index is 0.0423. The number of hydrogen-bond donors (Lipinski definition) is 2. The molecule has 0 heterocycles. The summed E-state index contributed by atoms with van der Waals surface area (Å²) in [7, 11) is -3.61. The first-order valence-electron chi connectivity index (χ1n) is 4.00. The molecule has 0 bridgehead atoms. The highest BCUT2D eigenvalue weighted by Crippen LogP contribution is 1.96. The molecular formula is C7H12N2O4S. The minimum atomic E-state index is -3.61. The van der Waals surface area contributed by atoms with Crippen molar-refractivity contribution in [2.24, 2.45) is 0 Å². The number of carbonyl (C=O) groups is 1. The van der Waals surface area contributed by atoms with Crippen LogP contribution in [0, 0.1) is 11.3 Å². The van der Waals surface area contributed by atoms with E-state index in [2.05, 4.69) is 4.72 Å². The molecule has 0 saturated heterocycles. The standard InChI is InChI=1S/C7H12N2O4S/c1-6(5-8)14(12,13)9-4-2-3-7(10)11/h6,9H,2-4H2,1H3,(H,10,11). The van der Waals surface area contributed by atoms with Gasteiger partial charge in [-0.25, -0.2) is 13.1 Å². The molecule has 0 amide bonds. The largest absolute Gasteiger partial charge is 0.481 e. The maximum Gasteiger partial charge on any atom is 0.303 e. The number of nitrogens with zero attached hydrogens (tertiary/aromatic N) is 1. The molecule has 0 rings (SSSR count). The minimum Gasteiger partial charge on any atom is -0.481 e. The normalized spacial score (nSPS) is 13.1. The summed E-state index contributed by atoms with van der Waals surface area (Å²) in [4.78, 5) is 10.1. The Bertz CT molecular complexity index is 330. The molecule has 0 aromatic carbocycles. The highest BCUT2D eigenvalue weighted by atomic mass is 32.2. The van der Waals surface area contributed by atoms with Gasteiger partial charge in [-0.15, -0.1) is 0 Å². The Hall–Kier alpha value is -1.13. The monoisotopic (exact) mass is 220 g/mol. The average molecular weight is 220 g/mol. The van der Waals surface area contributed by atoms with Gasteiger partial charge in [-0.3, -0.25) is 4.79 Å². The molecule has 0 aliphatic carbocycles. The van der Waals surface area contributed by atoms with Crippen LogP contribution in [0.1, 0.15) is 19.8 Å². The van der Waals surface area contributed by atoms with E-state index in [1.165, 1.54) is 6.92 Å². The van der Waals surface area contributed by atoms with Gasteiger partial charge in [0.25, 0.3) is 0 Å². The number of aliphatic carboxylic acids is 1. The molecule has 0 saturated carbocycles. The summed E-state index contributed by atoms with van der Waals surface area (Å²) in [5.74, 6) is -0.975. The molecule has 0 aliphatic rings. The van der Waals surface area contributed by atoms with Crippen LogP contribution >= 0.6 is 0 Å². The topological polar surface area (TPSA) is 107 Å². The highest BCUT2D eigenvalue weighted by Gasteiger charge is 2.18. The van der Waals surface area contributed by atoms with Crippen LogP contribution in [0.2, 0.25) is 0 Å². The van der Waals surface area contributed by atoms with Crippen LogP contribution < -0.4 is 4.72 Å². The lowest BCUT2D eigenvalue weighted by Gasteiger charge is -2.06. The maximum absolute atomic E-state index is 11.1. The lowest BCUT2D eigenvalue weighted by molar-refractivity contribution is -0.137. The molecule has 1 atom stereocenters. The third-order valence-corrected chi connectivity index (χ3v) is 3.16. The predicted molar refractivity (Wildman–Crippen MR) is 48.9 cm³/mol. The van der Waals surface area contributed by atoms with Crippen molar-refractivity contribution >= 4 is 16.0 Å². The predicted octanol–water partition coefficient (Wildman–Crippen LogP) is -0.317. The second kappa shape index (κ2) is 5.57. The third kappa shape index (κ3) is 4.79. The zero-order valence-corrected chi connectivity index (χ0v) is 8.54. The summed E-state index contributed by atoms with van der Waals surface area (Å²) in [6, 6.07) is 1.59. The zero-order chi connectivity index (χ0) is 11.2. The fraction of sp³-hybridized carbons (Fsp3) is 0.714. The summed E-state index contributed by atoms with van der Waals surface area (Å²) in [5, 5.41) is 15.5. The van der Waals surface area contributed by atoms with Crippen molar-refractivity contribution in [2.45, 2.75) is 25.0 Å². The van der Waals surface area contributed by atoms with Crippen molar-refractivity contribution in [1.29, 1.82) is 5.26 Å². The van der Waals surface area contributed by atoms with E-state index in [1.807, 2.05) is 0 Å². The second-order valence-electron chi connectivity index (χ2n) is 2.71. The van der Waals surface area contributed by atoms with Gasteiger partial charge in [0.1, 0.15) is 0 Å². The van der Waals surface area contributed by atoms with Gasteiger partial charge in [-0.05, 0) is 13.3 Å². The fourth-order valence-corrected chi connectivity index (χ4v) is 1.47. The Morgan fingerprint density at radius 3 is 2.64 bits per heavy atom. The summed E-state index contributed by atoms with van der Waals surface area (Å²) in [5.41, 5.74) is 0. The van der Waals surface area contributed by atoms with Gasteiger partial charge in [0.05, 0.1) is 6.07 Å². The number of carboxylic acids is 1. The SMILES string of the molecule is CC(C#N)S(=O)(=O)NCCCC(=O)O. The molecular weight excluding hydrogens is 208 g/mol. The van der Waals surface area contributed by atoms with Gasteiger partial charge in [-0.2, -0.15) is 5.26 Å². The molecule has 0 radical (unpaired) electrons. The Morgan fingerprint density at radius 1 is 1.64 bits per heavy atom. The van der Waals surface area contributed by atoms with E-state index < -0.39 is 21.2 Å². The Kier molecular flexibility index (Phi) is 5.12. The van der Waals surface area contributed by atoms with Gasteiger partial charge in [0, 0.05) is 13.0 Å². The molecule has 0 spiro atoms. The first-order valence-corrected chi connectivity index (χ1v) is 5.54. The van der Waals surface area contributed by atoms with Crippen molar-refractivity contribution in [3.05, 3.63) is 0 Å². The molecule has 0 fully saturated rings. The van der Waals surface area contributed by atoms with E-state index in [1.54, 1.807) is 6.07 Å². The molecule has 80 valence electrons. The van der Waals surface area contributed by atoms with Crippen LogP contribution in [0.5, 0.6) is 0 Å². The molecule has 2 N–H and O–H groups in total. The Morgan fingerprint density at radius 2 is 2.21 bits per heavy atom. The summed E-state index contributed by atoms with van der Waals surface area (Å²) in [6.07, 6.45) is 0.121. The fourth-order valence-electron chi connectivity index (χ4n) is 0.648. The van der Waals surface area contributed by atoms with E-state index in [0.29, 0.717) is 0 Å². The van der Waals surface area contributed by atoms with Crippen molar-refractivity contribution in [2.75, 3.05) is 6.54 Å². The molecule has 0 aromatic rings. The summed E-state index contributed by atoms with van der Waals surface area (Å²) in [6.45, 7) is 1.31. The number of carboxylic acid groups (broad SMARTS) is 1. The van der Waals surface area contributed by atoms with E-state index in [4.69, 9.17) is 10.4 Å². The van der Waals surface area contributed by atoms with Crippen molar-refractivity contribution < 1.29 is 18.3 Å². The van der Waals surface area contributed by atoms with Crippen molar-refractivity contribution in [3.8, 4) is 6.07 Å². The van der Waals surface area contributed by atoms with Gasteiger partial charge in [0.15, 0.2) is 5.25 Å². The smallest absolute Gasteiger partial charge is 0.303 e. The first kappa shape index (κ1) is 12.9. The maximum atomic E-state index is 11.1. The molecule has 14 heavy (non-hydrogen) atoms. The van der Waals surface area contributed by atoms with Crippen molar-refractivity contribution in [3.63, 3.8) is 0 Å². The summed E-state index contributed by atoms with van der Waals surface area (Å²) < 4.78 is 24.4. The molecule has 0 aliphatic heterocycles. The average Bonchev–Trinajstić information content (AvgIpc) is 2.10.